The second kappa shape index (κ2) is 13.1. The third-order valence-electron chi connectivity index (χ3n) is 5.71. The molecular formula is C28H21Cl3IN3O6. The maximum atomic E-state index is 13.3. The van der Waals surface area contributed by atoms with Crippen molar-refractivity contribution in [1.29, 1.82) is 0 Å². The normalized spacial score (nSPS) is 14.2. The van der Waals surface area contributed by atoms with Crippen LogP contribution in [0.4, 0.5) is 16.2 Å². The Hall–Kier alpha value is -3.32. The molecule has 212 valence electrons. The highest BCUT2D eigenvalue weighted by molar-refractivity contribution is 14.1. The molecule has 4 rings (SSSR count). The summed E-state index contributed by atoms with van der Waals surface area (Å²) in [4.78, 5) is 51.8. The second-order valence-electron chi connectivity index (χ2n) is 8.62. The van der Waals surface area contributed by atoms with Crippen LogP contribution in [0.25, 0.3) is 6.08 Å². The number of carbonyl (C=O) groups is 4. The van der Waals surface area contributed by atoms with Crippen molar-refractivity contribution in [2.24, 2.45) is 0 Å². The van der Waals surface area contributed by atoms with Crippen molar-refractivity contribution >= 4 is 98.6 Å². The maximum absolute atomic E-state index is 13.3. The van der Waals surface area contributed by atoms with Gasteiger partial charge >= 0.3 is 6.03 Å². The van der Waals surface area contributed by atoms with Gasteiger partial charge in [-0.25, -0.2) is 9.69 Å². The van der Waals surface area contributed by atoms with Gasteiger partial charge in [0.15, 0.2) is 18.1 Å². The number of imide groups is 2. The summed E-state index contributed by atoms with van der Waals surface area (Å²) in [6, 6.07) is 11.7. The number of hydrogen-bond acceptors (Lipinski definition) is 6. The number of urea groups is 1. The predicted molar refractivity (Wildman–Crippen MR) is 166 cm³/mol. The number of aryl methyl sites for hydroxylation is 1. The number of ether oxygens (including phenoxy) is 2. The van der Waals surface area contributed by atoms with Crippen molar-refractivity contribution in [2.45, 2.75) is 13.8 Å². The third kappa shape index (κ3) is 7.13. The van der Waals surface area contributed by atoms with Crippen LogP contribution in [0.1, 0.15) is 18.1 Å². The lowest BCUT2D eigenvalue weighted by Crippen LogP contribution is -2.54. The first kappa shape index (κ1) is 30.6. The van der Waals surface area contributed by atoms with Crippen molar-refractivity contribution in [1.82, 2.24) is 5.32 Å². The summed E-state index contributed by atoms with van der Waals surface area (Å²) >= 11 is 20.1. The number of benzene rings is 3. The highest BCUT2D eigenvalue weighted by Crippen LogP contribution is 2.36. The zero-order valence-corrected chi connectivity index (χ0v) is 25.9. The van der Waals surface area contributed by atoms with E-state index in [0.717, 1.165) is 10.5 Å². The molecule has 9 nitrogen and oxygen atoms in total. The molecule has 0 atom stereocenters. The van der Waals surface area contributed by atoms with Crippen LogP contribution in [-0.2, 0) is 14.4 Å². The van der Waals surface area contributed by atoms with Gasteiger partial charge < -0.3 is 14.8 Å². The second-order valence-corrected chi connectivity index (χ2v) is 11.0. The molecule has 0 saturated carbocycles. The zero-order chi connectivity index (χ0) is 29.8. The molecule has 0 radical (unpaired) electrons. The van der Waals surface area contributed by atoms with E-state index < -0.39 is 23.8 Å². The summed E-state index contributed by atoms with van der Waals surface area (Å²) in [5.74, 6) is -1.52. The van der Waals surface area contributed by atoms with E-state index in [4.69, 9.17) is 44.3 Å². The largest absolute Gasteiger partial charge is 0.490 e. The van der Waals surface area contributed by atoms with Crippen molar-refractivity contribution in [3.63, 3.8) is 0 Å². The molecule has 2 N–H and O–H groups in total. The van der Waals surface area contributed by atoms with Gasteiger partial charge in [0.1, 0.15) is 5.57 Å². The van der Waals surface area contributed by atoms with Crippen LogP contribution >= 0.6 is 57.4 Å². The lowest BCUT2D eigenvalue weighted by molar-refractivity contribution is -0.122. The molecule has 0 spiro atoms. The lowest BCUT2D eigenvalue weighted by atomic mass is 10.1. The van der Waals surface area contributed by atoms with Crippen LogP contribution in [0.3, 0.4) is 0 Å². The number of rotatable bonds is 8. The minimum atomic E-state index is -0.885. The van der Waals surface area contributed by atoms with Crippen molar-refractivity contribution in [3.8, 4) is 11.5 Å². The molecule has 0 aliphatic carbocycles. The fraction of sp³-hybridized carbons (Fsp3) is 0.143. The summed E-state index contributed by atoms with van der Waals surface area (Å²) in [7, 11) is 0. The van der Waals surface area contributed by atoms with E-state index in [1.807, 2.05) is 22.6 Å². The maximum Gasteiger partial charge on any atom is 0.335 e. The number of amides is 5. The number of halogens is 4. The Kier molecular flexibility index (Phi) is 9.80. The van der Waals surface area contributed by atoms with E-state index in [0.29, 0.717) is 35.6 Å². The average Bonchev–Trinajstić information content (AvgIpc) is 2.90. The molecule has 0 unspecified atom stereocenters. The summed E-state index contributed by atoms with van der Waals surface area (Å²) in [5, 5.41) is 5.88. The van der Waals surface area contributed by atoms with Gasteiger partial charge in [-0.15, -0.1) is 0 Å². The van der Waals surface area contributed by atoms with Crippen molar-refractivity contribution < 1.29 is 28.7 Å². The van der Waals surface area contributed by atoms with E-state index in [1.54, 1.807) is 50.2 Å². The SMILES string of the molecule is CCOc1cc(/C=C2\C(=O)NC(=O)N(c3ccc(C)c(Cl)c3)C2=O)cc(I)c1OCC(=O)Nc1ccc(Cl)c(Cl)c1. The quantitative estimate of drug-likeness (QED) is 0.153. The lowest BCUT2D eigenvalue weighted by Gasteiger charge is -2.26. The highest BCUT2D eigenvalue weighted by Gasteiger charge is 2.37. The Balaban J connectivity index is 1.58. The number of anilines is 2. The van der Waals surface area contributed by atoms with Gasteiger partial charge in [-0.05, 0) is 96.1 Å². The Morgan fingerprint density at radius 1 is 1.00 bits per heavy atom. The van der Waals surface area contributed by atoms with Gasteiger partial charge in [0, 0.05) is 10.7 Å². The Morgan fingerprint density at radius 3 is 2.44 bits per heavy atom. The van der Waals surface area contributed by atoms with E-state index in [9.17, 15) is 19.2 Å². The molecule has 0 aromatic heterocycles. The molecule has 41 heavy (non-hydrogen) atoms. The van der Waals surface area contributed by atoms with Gasteiger partial charge in [0.25, 0.3) is 17.7 Å². The van der Waals surface area contributed by atoms with Crippen LogP contribution in [-0.4, -0.2) is 37.0 Å². The molecule has 5 amide bonds. The summed E-state index contributed by atoms with van der Waals surface area (Å²) < 4.78 is 12.0. The molecule has 1 saturated heterocycles. The van der Waals surface area contributed by atoms with Crippen LogP contribution in [0.15, 0.2) is 54.1 Å². The molecule has 13 heteroatoms. The molecule has 3 aromatic rings. The molecule has 1 aliphatic heterocycles. The first-order valence-corrected chi connectivity index (χ1v) is 14.2. The average molecular weight is 729 g/mol. The Morgan fingerprint density at radius 2 is 1.76 bits per heavy atom. The number of carbonyl (C=O) groups excluding carboxylic acids is 4. The van der Waals surface area contributed by atoms with E-state index in [1.165, 1.54) is 18.2 Å². The number of nitrogens with zero attached hydrogens (tertiary/aromatic N) is 1. The van der Waals surface area contributed by atoms with Gasteiger partial charge in [-0.1, -0.05) is 40.9 Å². The van der Waals surface area contributed by atoms with Crippen LogP contribution in [0, 0.1) is 10.5 Å². The van der Waals surface area contributed by atoms with E-state index >= 15 is 0 Å². The van der Waals surface area contributed by atoms with Gasteiger partial charge in [-0.2, -0.15) is 0 Å². The van der Waals surface area contributed by atoms with Crippen LogP contribution < -0.4 is 25.0 Å². The summed E-state index contributed by atoms with van der Waals surface area (Å²) in [6.07, 6.45) is 1.35. The smallest absolute Gasteiger partial charge is 0.335 e. The topological polar surface area (TPSA) is 114 Å². The number of hydrogen-bond donors (Lipinski definition) is 2. The summed E-state index contributed by atoms with van der Waals surface area (Å²) in [5.41, 5.74) is 1.59. The molecular weight excluding hydrogens is 708 g/mol. The van der Waals surface area contributed by atoms with Crippen LogP contribution in [0.2, 0.25) is 15.1 Å². The van der Waals surface area contributed by atoms with Gasteiger partial charge in [0.05, 0.1) is 25.9 Å². The fourth-order valence-electron chi connectivity index (χ4n) is 3.76. The molecule has 1 aliphatic rings. The predicted octanol–water partition coefficient (Wildman–Crippen LogP) is 6.64. The monoisotopic (exact) mass is 727 g/mol. The molecule has 0 bridgehead atoms. The summed E-state index contributed by atoms with van der Waals surface area (Å²) in [6.45, 7) is 3.49. The van der Waals surface area contributed by atoms with Crippen molar-refractivity contribution in [3.05, 3.63) is 83.9 Å². The minimum absolute atomic E-state index is 0.217. The minimum Gasteiger partial charge on any atom is -0.490 e. The standard InChI is InChI=1S/C28H21Cl3IN3O6/c1-3-40-23-10-15(9-22(32)25(23)41-13-24(36)33-16-5-7-19(29)21(31)11-16)8-18-26(37)34-28(39)35(27(18)38)17-6-4-14(2)20(30)12-17/h4-12H,3,13H2,1-2H3,(H,33,36)(H,34,37,39)/b18-8+. The van der Waals surface area contributed by atoms with E-state index in [2.05, 4.69) is 10.6 Å². The highest BCUT2D eigenvalue weighted by atomic mass is 127. The zero-order valence-electron chi connectivity index (χ0n) is 21.5. The van der Waals surface area contributed by atoms with Gasteiger partial charge in [0.2, 0.25) is 0 Å². The molecule has 1 heterocycles. The first-order valence-electron chi connectivity index (χ1n) is 12.0. The van der Waals surface area contributed by atoms with Crippen LogP contribution in [0.5, 0.6) is 11.5 Å². The third-order valence-corrected chi connectivity index (χ3v) is 7.66. The molecule has 1 fully saturated rings. The van der Waals surface area contributed by atoms with E-state index in [-0.39, 0.29) is 30.2 Å². The Bertz CT molecular complexity index is 1610. The van der Waals surface area contributed by atoms with Gasteiger partial charge in [-0.3, -0.25) is 19.7 Å². The Labute approximate surface area is 263 Å². The first-order chi connectivity index (χ1) is 19.5. The number of nitrogens with one attached hydrogen (secondary N) is 2. The molecule has 3 aromatic carbocycles. The fourth-order valence-corrected chi connectivity index (χ4v) is 5.02. The number of barbiturate groups is 1. The van der Waals surface area contributed by atoms with Crippen molar-refractivity contribution in [2.75, 3.05) is 23.4 Å².